The number of aromatic nitrogens is 2. The number of aliphatic imine (C=N–C) groups is 1. The Balaban J connectivity index is 2.10. The first-order valence-electron chi connectivity index (χ1n) is 6.26. The maximum Gasteiger partial charge on any atom is 0.296 e. The van der Waals surface area contributed by atoms with E-state index < -0.39 is 0 Å². The Labute approximate surface area is 115 Å². The molecule has 0 fully saturated rings. The van der Waals surface area contributed by atoms with Gasteiger partial charge in [0.15, 0.2) is 0 Å². The smallest absolute Gasteiger partial charge is 0.296 e. The van der Waals surface area contributed by atoms with E-state index in [0.717, 1.165) is 21.8 Å². The van der Waals surface area contributed by atoms with Crippen LogP contribution >= 0.6 is 0 Å². The molecular weight excluding hydrogens is 252 g/mol. The third kappa shape index (κ3) is 2.14. The summed E-state index contributed by atoms with van der Waals surface area (Å²) >= 11 is 0. The van der Waals surface area contributed by atoms with Gasteiger partial charge in [0, 0.05) is 30.4 Å². The third-order valence-electron chi connectivity index (χ3n) is 3.02. The highest BCUT2D eigenvalue weighted by atomic mass is 16.1. The van der Waals surface area contributed by atoms with Gasteiger partial charge in [0.2, 0.25) is 0 Å². The number of fused-ring (bicyclic) bond motifs is 3. The topological polar surface area (TPSA) is 61.4 Å². The predicted octanol–water partition coefficient (Wildman–Crippen LogP) is 2.45. The zero-order valence-corrected chi connectivity index (χ0v) is 11.3. The summed E-state index contributed by atoms with van der Waals surface area (Å²) in [5.74, 6) is -0.342. The fraction of sp³-hybridized carbons (Fsp3) is 0.133. The summed E-state index contributed by atoms with van der Waals surface area (Å²) in [6.07, 6.45) is 3.15. The first-order chi connectivity index (χ1) is 9.65. The second-order valence-electron chi connectivity index (χ2n) is 4.80. The number of hydrogen-bond donors (Lipinski definition) is 1. The Morgan fingerprint density at radius 2 is 2.05 bits per heavy atom. The number of H-pyrrole nitrogens is 1. The van der Waals surface area contributed by atoms with Crippen LogP contribution in [0, 0.1) is 0 Å². The lowest BCUT2D eigenvalue weighted by Gasteiger charge is -2.01. The molecule has 0 unspecified atom stereocenters. The summed E-state index contributed by atoms with van der Waals surface area (Å²) in [6, 6.07) is 9.75. The molecule has 0 bridgehead atoms. The second-order valence-corrected chi connectivity index (χ2v) is 4.80. The molecular formula is C15H14N4O. The van der Waals surface area contributed by atoms with Crippen molar-refractivity contribution in [3.8, 4) is 0 Å². The van der Waals surface area contributed by atoms with Gasteiger partial charge in [-0.2, -0.15) is 4.99 Å². The summed E-state index contributed by atoms with van der Waals surface area (Å²) in [5, 5.41) is 2.06. The number of benzene rings is 1. The number of nitrogens with one attached hydrogen (secondary N) is 1. The van der Waals surface area contributed by atoms with Crippen LogP contribution in [0.5, 0.6) is 0 Å². The van der Waals surface area contributed by atoms with Crippen LogP contribution in [0.2, 0.25) is 0 Å². The normalized spacial score (nSPS) is 11.5. The minimum absolute atomic E-state index is 0.342. The lowest BCUT2D eigenvalue weighted by atomic mass is 10.1. The van der Waals surface area contributed by atoms with Crippen LogP contribution in [-0.4, -0.2) is 41.2 Å². The van der Waals surface area contributed by atoms with Gasteiger partial charge in [-0.1, -0.05) is 18.2 Å². The van der Waals surface area contributed by atoms with E-state index in [1.165, 1.54) is 6.34 Å². The molecule has 0 radical (unpaired) electrons. The summed E-state index contributed by atoms with van der Waals surface area (Å²) < 4.78 is 0. The van der Waals surface area contributed by atoms with Crippen LogP contribution < -0.4 is 0 Å². The number of rotatable bonds is 2. The molecule has 1 amide bonds. The molecule has 1 N–H and O–H groups in total. The molecule has 1 aromatic carbocycles. The molecule has 3 rings (SSSR count). The Hall–Kier alpha value is -2.69. The third-order valence-corrected chi connectivity index (χ3v) is 3.02. The molecule has 20 heavy (non-hydrogen) atoms. The standard InChI is InChI=1S/C15H14N4O/c1-19(2)9-17-15(20)13-7-11-10-5-3-4-6-12(10)18-14(11)8-16-13/h3-9,18H,1-2H3. The van der Waals surface area contributed by atoms with E-state index in [2.05, 4.69) is 15.0 Å². The van der Waals surface area contributed by atoms with E-state index in [9.17, 15) is 4.79 Å². The largest absolute Gasteiger partial charge is 0.369 e. The number of amides is 1. The van der Waals surface area contributed by atoms with Gasteiger partial charge >= 0.3 is 0 Å². The molecule has 0 spiro atoms. The monoisotopic (exact) mass is 266 g/mol. The minimum Gasteiger partial charge on any atom is -0.369 e. The molecule has 0 saturated heterocycles. The average molecular weight is 266 g/mol. The van der Waals surface area contributed by atoms with Gasteiger partial charge in [0.25, 0.3) is 5.91 Å². The Morgan fingerprint density at radius 3 is 2.85 bits per heavy atom. The fourth-order valence-corrected chi connectivity index (χ4v) is 2.10. The lowest BCUT2D eigenvalue weighted by molar-refractivity contribution is 0.0998. The van der Waals surface area contributed by atoms with Crippen LogP contribution in [0.3, 0.4) is 0 Å². The van der Waals surface area contributed by atoms with Crippen molar-refractivity contribution in [1.29, 1.82) is 0 Å². The maximum absolute atomic E-state index is 12.0. The van der Waals surface area contributed by atoms with E-state index in [1.54, 1.807) is 17.2 Å². The number of hydrogen-bond acceptors (Lipinski definition) is 2. The van der Waals surface area contributed by atoms with Gasteiger partial charge in [0.05, 0.1) is 18.1 Å². The van der Waals surface area contributed by atoms with E-state index in [4.69, 9.17) is 0 Å². The van der Waals surface area contributed by atoms with Crippen molar-refractivity contribution in [2.75, 3.05) is 14.1 Å². The molecule has 0 aliphatic rings. The molecule has 0 atom stereocenters. The number of carbonyl (C=O) groups is 1. The number of pyridine rings is 1. The SMILES string of the molecule is CN(C)C=NC(=O)c1cc2c(cn1)[nH]c1ccccc12. The second kappa shape index (κ2) is 4.77. The van der Waals surface area contributed by atoms with E-state index in [-0.39, 0.29) is 5.91 Å². The van der Waals surface area contributed by atoms with Crippen molar-refractivity contribution >= 4 is 34.1 Å². The van der Waals surface area contributed by atoms with E-state index in [1.807, 2.05) is 38.4 Å². The Morgan fingerprint density at radius 1 is 1.25 bits per heavy atom. The summed E-state index contributed by atoms with van der Waals surface area (Å²) in [4.78, 5) is 25.0. The number of para-hydroxylation sites is 1. The Bertz CT molecular complexity index is 817. The molecule has 5 nitrogen and oxygen atoms in total. The molecule has 2 heterocycles. The van der Waals surface area contributed by atoms with Gasteiger partial charge in [-0.25, -0.2) is 4.98 Å². The van der Waals surface area contributed by atoms with Gasteiger partial charge in [0.1, 0.15) is 5.69 Å². The van der Waals surface area contributed by atoms with Crippen molar-refractivity contribution in [1.82, 2.24) is 14.9 Å². The molecule has 5 heteroatoms. The first-order valence-corrected chi connectivity index (χ1v) is 6.26. The lowest BCUT2D eigenvalue weighted by Crippen LogP contribution is -2.10. The highest BCUT2D eigenvalue weighted by Crippen LogP contribution is 2.25. The van der Waals surface area contributed by atoms with Crippen molar-refractivity contribution in [2.24, 2.45) is 4.99 Å². The van der Waals surface area contributed by atoms with Gasteiger partial charge in [-0.05, 0) is 12.1 Å². The maximum atomic E-state index is 12.0. The molecule has 0 aliphatic heterocycles. The van der Waals surface area contributed by atoms with Crippen LogP contribution in [0.4, 0.5) is 0 Å². The summed E-state index contributed by atoms with van der Waals surface area (Å²) in [7, 11) is 3.63. The number of carbonyl (C=O) groups excluding carboxylic acids is 1. The quantitative estimate of drug-likeness (QED) is 0.572. The number of nitrogens with zero attached hydrogens (tertiary/aromatic N) is 3. The van der Waals surface area contributed by atoms with Gasteiger partial charge in [-0.3, -0.25) is 4.79 Å². The molecule has 0 saturated carbocycles. The van der Waals surface area contributed by atoms with Crippen LogP contribution in [0.25, 0.3) is 21.8 Å². The first kappa shape index (κ1) is 12.3. The van der Waals surface area contributed by atoms with Crippen LogP contribution in [0.1, 0.15) is 10.5 Å². The van der Waals surface area contributed by atoms with Crippen molar-refractivity contribution in [3.63, 3.8) is 0 Å². The molecule has 100 valence electrons. The van der Waals surface area contributed by atoms with Crippen LogP contribution in [0.15, 0.2) is 41.5 Å². The number of aromatic amines is 1. The minimum atomic E-state index is -0.342. The summed E-state index contributed by atoms with van der Waals surface area (Å²) in [5.41, 5.74) is 2.30. The fourth-order valence-electron chi connectivity index (χ4n) is 2.10. The van der Waals surface area contributed by atoms with E-state index >= 15 is 0 Å². The van der Waals surface area contributed by atoms with Crippen molar-refractivity contribution in [2.45, 2.75) is 0 Å². The van der Waals surface area contributed by atoms with Gasteiger partial charge in [-0.15, -0.1) is 0 Å². The Kier molecular flexibility index (Phi) is 2.95. The predicted molar refractivity (Wildman–Crippen MR) is 80.1 cm³/mol. The van der Waals surface area contributed by atoms with Crippen molar-refractivity contribution in [3.05, 3.63) is 42.2 Å². The highest BCUT2D eigenvalue weighted by molar-refractivity contribution is 6.09. The van der Waals surface area contributed by atoms with Crippen LogP contribution in [-0.2, 0) is 0 Å². The molecule has 2 aromatic heterocycles. The highest BCUT2D eigenvalue weighted by Gasteiger charge is 2.09. The van der Waals surface area contributed by atoms with E-state index in [0.29, 0.717) is 5.69 Å². The van der Waals surface area contributed by atoms with Gasteiger partial charge < -0.3 is 9.88 Å². The molecule has 0 aliphatic carbocycles. The summed E-state index contributed by atoms with van der Waals surface area (Å²) in [6.45, 7) is 0. The molecule has 3 aromatic rings. The average Bonchev–Trinajstić information content (AvgIpc) is 2.82. The zero-order valence-electron chi connectivity index (χ0n) is 11.3. The van der Waals surface area contributed by atoms with Crippen molar-refractivity contribution < 1.29 is 4.79 Å². The zero-order chi connectivity index (χ0) is 14.1.